The molecule has 198 valence electrons. The highest BCUT2D eigenvalue weighted by Crippen LogP contribution is 2.35. The lowest BCUT2D eigenvalue weighted by atomic mass is 9.89. The van der Waals surface area contributed by atoms with Crippen LogP contribution in [0.3, 0.4) is 0 Å². The second-order valence-electron chi connectivity index (χ2n) is 10.6. The molecular formula is C29H39N5O3. The fourth-order valence-corrected chi connectivity index (χ4v) is 5.83. The minimum Gasteiger partial charge on any atom is -0.392 e. The molecule has 4 heterocycles. The average Bonchev–Trinajstić information content (AvgIpc) is 3.04. The maximum atomic E-state index is 11.7. The van der Waals surface area contributed by atoms with Gasteiger partial charge in [-0.3, -0.25) is 9.69 Å². The summed E-state index contributed by atoms with van der Waals surface area (Å²) >= 11 is 0. The molecule has 2 N–H and O–H groups in total. The Hall–Kier alpha value is -2.94. The number of carbonyl (C=O) groups excluding carboxylic acids is 1. The summed E-state index contributed by atoms with van der Waals surface area (Å²) in [5, 5.41) is 13.8. The molecule has 0 saturated carbocycles. The van der Waals surface area contributed by atoms with Crippen molar-refractivity contribution in [3.63, 3.8) is 0 Å². The summed E-state index contributed by atoms with van der Waals surface area (Å²) in [7, 11) is 2.20. The lowest BCUT2D eigenvalue weighted by molar-refractivity contribution is -0.127. The van der Waals surface area contributed by atoms with Gasteiger partial charge in [0, 0.05) is 63.4 Å². The SMILES string of the molecule is CC(=O)N1C=C(N2CCCN(C)[C@H](c3cc(C)cc(Nc4nccc(C5CCOCC5)c4CO)c3)C2)C1. The number of aliphatic hydroxyl groups excluding tert-OH is 1. The van der Waals surface area contributed by atoms with E-state index in [4.69, 9.17) is 4.74 Å². The minimum absolute atomic E-state index is 0.0474. The quantitative estimate of drug-likeness (QED) is 0.616. The van der Waals surface area contributed by atoms with Crippen LogP contribution in [0.25, 0.3) is 0 Å². The monoisotopic (exact) mass is 505 g/mol. The number of pyridine rings is 1. The van der Waals surface area contributed by atoms with Crippen LogP contribution >= 0.6 is 0 Å². The molecule has 8 nitrogen and oxygen atoms in total. The first-order chi connectivity index (χ1) is 17.9. The molecule has 37 heavy (non-hydrogen) atoms. The van der Waals surface area contributed by atoms with Gasteiger partial charge in [0.2, 0.25) is 5.91 Å². The first-order valence-corrected chi connectivity index (χ1v) is 13.4. The van der Waals surface area contributed by atoms with E-state index in [1.165, 1.54) is 22.4 Å². The zero-order valence-corrected chi connectivity index (χ0v) is 22.2. The van der Waals surface area contributed by atoms with Crippen molar-refractivity contribution in [3.05, 3.63) is 64.6 Å². The molecule has 2 fully saturated rings. The second-order valence-corrected chi connectivity index (χ2v) is 10.6. The second kappa shape index (κ2) is 11.2. The van der Waals surface area contributed by atoms with Gasteiger partial charge in [-0.1, -0.05) is 6.07 Å². The van der Waals surface area contributed by atoms with E-state index in [-0.39, 0.29) is 18.6 Å². The van der Waals surface area contributed by atoms with Crippen LogP contribution in [0.5, 0.6) is 0 Å². The van der Waals surface area contributed by atoms with Crippen molar-refractivity contribution in [1.82, 2.24) is 19.7 Å². The highest BCUT2D eigenvalue weighted by molar-refractivity contribution is 5.76. The molecule has 0 radical (unpaired) electrons. The highest BCUT2D eigenvalue weighted by Gasteiger charge is 2.30. The molecule has 1 atom stereocenters. The number of hydrogen-bond donors (Lipinski definition) is 2. The topological polar surface area (TPSA) is 81.2 Å². The van der Waals surface area contributed by atoms with Crippen LogP contribution in [0.15, 0.2) is 42.4 Å². The van der Waals surface area contributed by atoms with Gasteiger partial charge < -0.3 is 25.0 Å². The molecule has 5 rings (SSSR count). The molecule has 3 aliphatic heterocycles. The van der Waals surface area contributed by atoms with Crippen LogP contribution in [-0.4, -0.2) is 77.1 Å². The number of aryl methyl sites for hydroxylation is 1. The van der Waals surface area contributed by atoms with Gasteiger partial charge in [0.1, 0.15) is 5.82 Å². The number of aliphatic hydroxyl groups is 1. The van der Waals surface area contributed by atoms with Gasteiger partial charge in [-0.25, -0.2) is 4.98 Å². The predicted octanol–water partition coefficient (Wildman–Crippen LogP) is 3.90. The van der Waals surface area contributed by atoms with Crippen LogP contribution in [0.2, 0.25) is 0 Å². The summed E-state index contributed by atoms with van der Waals surface area (Å²) in [5.41, 5.74) is 6.71. The molecule has 1 aromatic heterocycles. The van der Waals surface area contributed by atoms with Crippen molar-refractivity contribution < 1.29 is 14.6 Å². The molecule has 1 amide bonds. The third kappa shape index (κ3) is 5.66. The van der Waals surface area contributed by atoms with E-state index in [2.05, 4.69) is 52.3 Å². The smallest absolute Gasteiger partial charge is 0.223 e. The van der Waals surface area contributed by atoms with Crippen LogP contribution < -0.4 is 5.32 Å². The van der Waals surface area contributed by atoms with E-state index in [0.717, 1.165) is 69.2 Å². The molecule has 2 aromatic rings. The fourth-order valence-electron chi connectivity index (χ4n) is 5.83. The molecule has 0 unspecified atom stereocenters. The van der Waals surface area contributed by atoms with Crippen molar-refractivity contribution in [1.29, 1.82) is 0 Å². The zero-order chi connectivity index (χ0) is 25.9. The minimum atomic E-state index is -0.0474. The Bertz CT molecular complexity index is 1160. The van der Waals surface area contributed by atoms with E-state index < -0.39 is 0 Å². The Morgan fingerprint density at radius 1 is 1.22 bits per heavy atom. The van der Waals surface area contributed by atoms with Crippen molar-refractivity contribution in [3.8, 4) is 0 Å². The predicted molar refractivity (Wildman–Crippen MR) is 144 cm³/mol. The van der Waals surface area contributed by atoms with Crippen molar-refractivity contribution >= 4 is 17.4 Å². The number of benzene rings is 1. The van der Waals surface area contributed by atoms with Gasteiger partial charge in [-0.15, -0.1) is 0 Å². The summed E-state index contributed by atoms with van der Waals surface area (Å²) < 4.78 is 5.55. The van der Waals surface area contributed by atoms with E-state index in [9.17, 15) is 9.90 Å². The van der Waals surface area contributed by atoms with Crippen molar-refractivity contribution in [2.24, 2.45) is 0 Å². The standard InChI is InChI=1S/C29H39N5O3/c1-20-13-23(28-18-33(10-4-9-32(28)3)25-16-34(17-25)21(2)36)15-24(14-20)31-29-27(19-35)26(5-8-30-29)22-6-11-37-12-7-22/h5,8,13-16,22,28,35H,4,6-7,9-12,17-19H2,1-3H3,(H,30,31)/t28-/m0/s1. The van der Waals surface area contributed by atoms with Gasteiger partial charge in [0.15, 0.2) is 0 Å². The summed E-state index contributed by atoms with van der Waals surface area (Å²) in [6.07, 6.45) is 6.86. The maximum Gasteiger partial charge on any atom is 0.223 e. The van der Waals surface area contributed by atoms with E-state index in [0.29, 0.717) is 12.5 Å². The third-order valence-corrected chi connectivity index (χ3v) is 7.97. The number of carbonyl (C=O) groups is 1. The van der Waals surface area contributed by atoms with Gasteiger partial charge >= 0.3 is 0 Å². The summed E-state index contributed by atoms with van der Waals surface area (Å²) in [6, 6.07) is 8.91. The number of hydrogen-bond acceptors (Lipinski definition) is 7. The molecule has 1 aromatic carbocycles. The number of likely N-dealkylation sites (N-methyl/N-ethyl adjacent to an activating group) is 1. The number of ether oxygens (including phenoxy) is 1. The lowest BCUT2D eigenvalue weighted by Crippen LogP contribution is -2.43. The van der Waals surface area contributed by atoms with Crippen LogP contribution in [-0.2, 0) is 16.1 Å². The fraction of sp³-hybridized carbons (Fsp3) is 0.517. The largest absolute Gasteiger partial charge is 0.392 e. The zero-order valence-electron chi connectivity index (χ0n) is 22.2. The van der Waals surface area contributed by atoms with Gasteiger partial charge in [0.25, 0.3) is 0 Å². The number of anilines is 2. The number of amides is 1. The normalized spacial score (nSPS) is 21.3. The molecule has 0 aliphatic carbocycles. The van der Waals surface area contributed by atoms with Crippen molar-refractivity contribution in [2.75, 3.05) is 51.8 Å². The number of rotatable bonds is 6. The van der Waals surface area contributed by atoms with Gasteiger partial charge in [0.05, 0.1) is 24.9 Å². The Kier molecular flexibility index (Phi) is 7.79. The average molecular weight is 506 g/mol. The Labute approximate surface area is 219 Å². The van der Waals surface area contributed by atoms with Gasteiger partial charge in [-0.2, -0.15) is 0 Å². The number of aromatic nitrogens is 1. The third-order valence-electron chi connectivity index (χ3n) is 7.97. The lowest BCUT2D eigenvalue weighted by Gasteiger charge is -2.38. The molecule has 0 bridgehead atoms. The molecule has 2 saturated heterocycles. The van der Waals surface area contributed by atoms with Crippen LogP contribution in [0.4, 0.5) is 11.5 Å². The Balaban J connectivity index is 1.39. The number of nitrogens with one attached hydrogen (secondary N) is 1. The van der Waals surface area contributed by atoms with E-state index in [1.54, 1.807) is 11.8 Å². The molecule has 0 spiro atoms. The summed E-state index contributed by atoms with van der Waals surface area (Å²) in [5.74, 6) is 1.21. The molecule has 3 aliphatic rings. The summed E-state index contributed by atoms with van der Waals surface area (Å²) in [6.45, 7) is 8.82. The van der Waals surface area contributed by atoms with Crippen LogP contribution in [0.1, 0.15) is 60.4 Å². The van der Waals surface area contributed by atoms with E-state index in [1.807, 2.05) is 18.5 Å². The van der Waals surface area contributed by atoms with Gasteiger partial charge in [-0.05, 0) is 74.0 Å². The highest BCUT2D eigenvalue weighted by atomic mass is 16.5. The first-order valence-electron chi connectivity index (χ1n) is 13.4. The first kappa shape index (κ1) is 25.7. The van der Waals surface area contributed by atoms with Crippen molar-refractivity contribution in [2.45, 2.75) is 51.7 Å². The molecule has 8 heteroatoms. The van der Waals surface area contributed by atoms with Crippen LogP contribution in [0, 0.1) is 6.92 Å². The molecular weight excluding hydrogens is 466 g/mol. The Morgan fingerprint density at radius 3 is 2.73 bits per heavy atom. The Morgan fingerprint density at radius 2 is 2.00 bits per heavy atom. The van der Waals surface area contributed by atoms with E-state index >= 15 is 0 Å². The number of nitrogens with zero attached hydrogens (tertiary/aromatic N) is 4. The summed E-state index contributed by atoms with van der Waals surface area (Å²) in [4.78, 5) is 22.9. The maximum absolute atomic E-state index is 11.7.